The van der Waals surface area contributed by atoms with Gasteiger partial charge >= 0.3 is 0 Å². The van der Waals surface area contributed by atoms with Crippen LogP contribution in [0.1, 0.15) is 65.7 Å². The highest BCUT2D eigenvalue weighted by molar-refractivity contribution is 5.18. The summed E-state index contributed by atoms with van der Waals surface area (Å²) < 4.78 is 0. The standard InChI is InChI=1S/C20H32/c1-6-15-14(2)8-10-17-16(15)9-11-18-19(3,4)12-7-13-20(17,18)5/h6,15-18H,1-2,7-13H2,3-5H3. The zero-order chi connectivity index (χ0) is 14.5. The Morgan fingerprint density at radius 1 is 1.10 bits per heavy atom. The molecule has 5 unspecified atom stereocenters. The van der Waals surface area contributed by atoms with E-state index >= 15 is 0 Å². The van der Waals surface area contributed by atoms with Gasteiger partial charge in [-0.15, -0.1) is 6.58 Å². The molecule has 0 saturated heterocycles. The van der Waals surface area contributed by atoms with Gasteiger partial charge < -0.3 is 0 Å². The minimum absolute atomic E-state index is 0.552. The fourth-order valence-electron chi connectivity index (χ4n) is 6.51. The predicted molar refractivity (Wildman–Crippen MR) is 87.5 cm³/mol. The van der Waals surface area contributed by atoms with Crippen LogP contribution in [-0.2, 0) is 0 Å². The summed E-state index contributed by atoms with van der Waals surface area (Å²) >= 11 is 0. The number of hydrogen-bond acceptors (Lipinski definition) is 0. The lowest BCUT2D eigenvalue weighted by Crippen LogP contribution is -2.53. The van der Waals surface area contributed by atoms with Crippen LogP contribution in [0.4, 0.5) is 0 Å². The molecule has 0 aromatic heterocycles. The molecule has 0 amide bonds. The van der Waals surface area contributed by atoms with Gasteiger partial charge in [0.15, 0.2) is 0 Å². The first-order valence-electron chi connectivity index (χ1n) is 8.70. The summed E-state index contributed by atoms with van der Waals surface area (Å²) in [5.74, 6) is 3.27. The third-order valence-corrected chi connectivity index (χ3v) is 7.39. The van der Waals surface area contributed by atoms with Gasteiger partial charge in [0, 0.05) is 5.92 Å². The summed E-state index contributed by atoms with van der Waals surface area (Å²) in [6, 6.07) is 0. The van der Waals surface area contributed by atoms with Crippen molar-refractivity contribution in [1.29, 1.82) is 0 Å². The van der Waals surface area contributed by atoms with E-state index in [0.29, 0.717) is 16.7 Å². The average molecular weight is 272 g/mol. The number of allylic oxidation sites excluding steroid dienone is 2. The van der Waals surface area contributed by atoms with E-state index in [0.717, 1.165) is 17.8 Å². The van der Waals surface area contributed by atoms with Crippen LogP contribution >= 0.6 is 0 Å². The van der Waals surface area contributed by atoms with Crippen molar-refractivity contribution >= 4 is 0 Å². The minimum atomic E-state index is 0.552. The van der Waals surface area contributed by atoms with Crippen molar-refractivity contribution in [1.82, 2.24) is 0 Å². The molecule has 112 valence electrons. The van der Waals surface area contributed by atoms with Gasteiger partial charge in [0.2, 0.25) is 0 Å². The Balaban J connectivity index is 1.94. The second-order valence-electron chi connectivity index (χ2n) is 8.71. The molecule has 0 bridgehead atoms. The highest BCUT2D eigenvalue weighted by atomic mass is 14.6. The van der Waals surface area contributed by atoms with Crippen LogP contribution in [0, 0.1) is 34.5 Å². The van der Waals surface area contributed by atoms with Crippen molar-refractivity contribution in [2.24, 2.45) is 34.5 Å². The van der Waals surface area contributed by atoms with Crippen LogP contribution in [0.5, 0.6) is 0 Å². The monoisotopic (exact) mass is 272 g/mol. The first-order valence-corrected chi connectivity index (χ1v) is 8.70. The Kier molecular flexibility index (Phi) is 3.42. The second kappa shape index (κ2) is 4.75. The van der Waals surface area contributed by atoms with Crippen LogP contribution in [0.15, 0.2) is 24.8 Å². The minimum Gasteiger partial charge on any atom is -0.102 e. The van der Waals surface area contributed by atoms with Crippen LogP contribution in [0.25, 0.3) is 0 Å². The maximum Gasteiger partial charge on any atom is 0.000250 e. The molecular weight excluding hydrogens is 240 g/mol. The van der Waals surface area contributed by atoms with Gasteiger partial charge in [-0.25, -0.2) is 0 Å². The van der Waals surface area contributed by atoms with E-state index in [-0.39, 0.29) is 0 Å². The zero-order valence-corrected chi connectivity index (χ0v) is 13.8. The van der Waals surface area contributed by atoms with Gasteiger partial charge in [-0.1, -0.05) is 45.4 Å². The summed E-state index contributed by atoms with van der Waals surface area (Å²) in [7, 11) is 0. The fourth-order valence-corrected chi connectivity index (χ4v) is 6.51. The molecule has 3 aliphatic rings. The van der Waals surface area contributed by atoms with Crippen LogP contribution in [0.2, 0.25) is 0 Å². The molecule has 0 heteroatoms. The highest BCUT2D eigenvalue weighted by Crippen LogP contribution is 2.64. The summed E-state index contributed by atoms with van der Waals surface area (Å²) in [4.78, 5) is 0. The topological polar surface area (TPSA) is 0 Å². The molecule has 0 spiro atoms. The average Bonchev–Trinajstić information content (AvgIpc) is 2.37. The van der Waals surface area contributed by atoms with E-state index in [2.05, 4.69) is 40.0 Å². The van der Waals surface area contributed by atoms with Gasteiger partial charge in [0.05, 0.1) is 0 Å². The molecule has 0 aliphatic heterocycles. The fraction of sp³-hybridized carbons (Fsp3) is 0.800. The van der Waals surface area contributed by atoms with E-state index < -0.39 is 0 Å². The molecular formula is C20H32. The zero-order valence-electron chi connectivity index (χ0n) is 13.8. The Hall–Kier alpha value is -0.520. The second-order valence-corrected chi connectivity index (χ2v) is 8.71. The molecule has 20 heavy (non-hydrogen) atoms. The van der Waals surface area contributed by atoms with E-state index in [9.17, 15) is 0 Å². The van der Waals surface area contributed by atoms with Crippen molar-refractivity contribution in [3.8, 4) is 0 Å². The summed E-state index contributed by atoms with van der Waals surface area (Å²) in [5, 5.41) is 0. The van der Waals surface area contributed by atoms with Gasteiger partial charge in [0.1, 0.15) is 0 Å². The molecule has 3 aliphatic carbocycles. The summed E-state index contributed by atoms with van der Waals surface area (Å²) in [6.45, 7) is 16.2. The quantitative estimate of drug-likeness (QED) is 0.514. The van der Waals surface area contributed by atoms with Crippen LogP contribution in [0.3, 0.4) is 0 Å². The van der Waals surface area contributed by atoms with Crippen LogP contribution < -0.4 is 0 Å². The summed E-state index contributed by atoms with van der Waals surface area (Å²) in [6.07, 6.45) is 12.0. The normalized spacial score (nSPS) is 47.2. The molecule has 0 aromatic rings. The molecule has 3 rings (SSSR count). The Labute approximate surface area is 125 Å². The highest BCUT2D eigenvalue weighted by Gasteiger charge is 2.56. The maximum atomic E-state index is 4.34. The Bertz CT molecular complexity index is 416. The van der Waals surface area contributed by atoms with Crippen molar-refractivity contribution < 1.29 is 0 Å². The molecule has 0 radical (unpaired) electrons. The molecule has 0 heterocycles. The molecule has 3 fully saturated rings. The molecule has 0 nitrogen and oxygen atoms in total. The predicted octanol–water partition coefficient (Wildman–Crippen LogP) is 6.00. The smallest absolute Gasteiger partial charge is 0.000250 e. The van der Waals surface area contributed by atoms with Gasteiger partial charge in [-0.3, -0.25) is 0 Å². The van der Waals surface area contributed by atoms with E-state index in [1.807, 2.05) is 0 Å². The van der Waals surface area contributed by atoms with Crippen molar-refractivity contribution in [3.63, 3.8) is 0 Å². The number of rotatable bonds is 1. The largest absolute Gasteiger partial charge is 0.102 e. The Morgan fingerprint density at radius 3 is 2.55 bits per heavy atom. The lowest BCUT2D eigenvalue weighted by Gasteiger charge is -2.61. The first-order chi connectivity index (χ1) is 9.40. The van der Waals surface area contributed by atoms with Gasteiger partial charge in [0.25, 0.3) is 0 Å². The number of hydrogen-bond donors (Lipinski definition) is 0. The lowest BCUT2D eigenvalue weighted by molar-refractivity contribution is -0.110. The SMILES string of the molecule is C=CC1C(=C)CCC2C1CCC1C(C)(C)CCCC21C. The van der Waals surface area contributed by atoms with Crippen molar-refractivity contribution in [2.75, 3.05) is 0 Å². The third kappa shape index (κ3) is 1.94. The van der Waals surface area contributed by atoms with Gasteiger partial charge in [-0.05, 0) is 67.1 Å². The lowest BCUT2D eigenvalue weighted by atomic mass is 9.43. The van der Waals surface area contributed by atoms with E-state index in [1.165, 1.54) is 50.5 Å². The molecule has 3 saturated carbocycles. The first kappa shape index (κ1) is 14.4. The summed E-state index contributed by atoms with van der Waals surface area (Å²) in [5.41, 5.74) is 2.58. The molecule has 0 aromatic carbocycles. The maximum absolute atomic E-state index is 4.34. The Morgan fingerprint density at radius 2 is 1.85 bits per heavy atom. The van der Waals surface area contributed by atoms with Crippen LogP contribution in [-0.4, -0.2) is 0 Å². The van der Waals surface area contributed by atoms with E-state index in [4.69, 9.17) is 0 Å². The van der Waals surface area contributed by atoms with Crippen molar-refractivity contribution in [3.05, 3.63) is 24.8 Å². The third-order valence-electron chi connectivity index (χ3n) is 7.39. The molecule has 5 atom stereocenters. The molecule has 0 N–H and O–H groups in total. The van der Waals surface area contributed by atoms with Crippen molar-refractivity contribution in [2.45, 2.75) is 65.7 Å². The number of fused-ring (bicyclic) bond motifs is 3. The van der Waals surface area contributed by atoms with Gasteiger partial charge in [-0.2, -0.15) is 0 Å². The van der Waals surface area contributed by atoms with E-state index in [1.54, 1.807) is 0 Å².